The molecule has 5 heteroatoms. The number of nitrogens with zero attached hydrogens (tertiary/aromatic N) is 3. The SMILES string of the molecule is O=C(NC1=CC=CCC1)N1CCCN(c2cccnc2)CC1. The standard InChI is InChI=1S/C17H22N4O/c22-17(19-15-6-2-1-3-7-15)21-11-5-10-20(12-13-21)16-8-4-9-18-14-16/h1-2,4,6,8-9,14H,3,5,7,10-13H2,(H,19,22). The average molecular weight is 298 g/mol. The summed E-state index contributed by atoms with van der Waals surface area (Å²) in [5, 5.41) is 3.04. The third kappa shape index (κ3) is 3.67. The summed E-state index contributed by atoms with van der Waals surface area (Å²) >= 11 is 0. The second kappa shape index (κ2) is 7.11. The van der Waals surface area contributed by atoms with Crippen LogP contribution in [0, 0.1) is 0 Å². The lowest BCUT2D eigenvalue weighted by Crippen LogP contribution is -2.41. The molecule has 5 nitrogen and oxygen atoms in total. The molecule has 0 aromatic carbocycles. The predicted octanol–water partition coefficient (Wildman–Crippen LogP) is 2.54. The van der Waals surface area contributed by atoms with E-state index in [1.807, 2.05) is 29.3 Å². The quantitative estimate of drug-likeness (QED) is 0.913. The summed E-state index contributed by atoms with van der Waals surface area (Å²) < 4.78 is 0. The first-order valence-corrected chi connectivity index (χ1v) is 7.89. The Labute approximate surface area is 131 Å². The van der Waals surface area contributed by atoms with Gasteiger partial charge >= 0.3 is 6.03 Å². The number of rotatable bonds is 2. The molecule has 1 N–H and O–H groups in total. The van der Waals surface area contributed by atoms with Gasteiger partial charge in [0.15, 0.2) is 0 Å². The van der Waals surface area contributed by atoms with Gasteiger partial charge in [-0.1, -0.05) is 12.2 Å². The van der Waals surface area contributed by atoms with E-state index in [-0.39, 0.29) is 6.03 Å². The fourth-order valence-electron chi connectivity index (χ4n) is 2.84. The van der Waals surface area contributed by atoms with Gasteiger partial charge in [-0.15, -0.1) is 0 Å². The molecule has 0 unspecified atom stereocenters. The van der Waals surface area contributed by atoms with Crippen molar-refractivity contribution in [2.45, 2.75) is 19.3 Å². The molecule has 0 radical (unpaired) electrons. The summed E-state index contributed by atoms with van der Waals surface area (Å²) in [4.78, 5) is 20.8. The van der Waals surface area contributed by atoms with Gasteiger partial charge in [0.25, 0.3) is 0 Å². The number of urea groups is 1. The summed E-state index contributed by atoms with van der Waals surface area (Å²) in [5.74, 6) is 0. The maximum Gasteiger partial charge on any atom is 0.321 e. The lowest BCUT2D eigenvalue weighted by atomic mass is 10.1. The fraction of sp³-hybridized carbons (Fsp3) is 0.412. The molecule has 22 heavy (non-hydrogen) atoms. The smallest absolute Gasteiger partial charge is 0.321 e. The zero-order valence-corrected chi connectivity index (χ0v) is 12.7. The Morgan fingerprint density at radius 2 is 2.18 bits per heavy atom. The number of anilines is 1. The van der Waals surface area contributed by atoms with Gasteiger partial charge in [0.05, 0.1) is 11.9 Å². The number of pyridine rings is 1. The van der Waals surface area contributed by atoms with Crippen LogP contribution >= 0.6 is 0 Å². The van der Waals surface area contributed by atoms with Crippen molar-refractivity contribution >= 4 is 11.7 Å². The van der Waals surface area contributed by atoms with Gasteiger partial charge in [-0.3, -0.25) is 4.98 Å². The van der Waals surface area contributed by atoms with Crippen molar-refractivity contribution < 1.29 is 4.79 Å². The molecule has 3 rings (SSSR count). The minimum atomic E-state index is 0.0228. The predicted molar refractivity (Wildman–Crippen MR) is 87.6 cm³/mol. The van der Waals surface area contributed by atoms with E-state index >= 15 is 0 Å². The Bertz CT molecular complexity index is 567. The van der Waals surface area contributed by atoms with Gasteiger partial charge in [0.2, 0.25) is 0 Å². The molecule has 2 amide bonds. The van der Waals surface area contributed by atoms with E-state index < -0.39 is 0 Å². The first kappa shape index (κ1) is 14.6. The zero-order valence-electron chi connectivity index (χ0n) is 12.7. The van der Waals surface area contributed by atoms with Crippen LogP contribution in [0.5, 0.6) is 0 Å². The molecule has 0 saturated carbocycles. The normalized spacial score (nSPS) is 18.6. The maximum absolute atomic E-state index is 12.4. The second-order valence-corrected chi connectivity index (χ2v) is 5.63. The largest absolute Gasteiger partial charge is 0.368 e. The van der Waals surface area contributed by atoms with Crippen molar-refractivity contribution in [1.29, 1.82) is 0 Å². The topological polar surface area (TPSA) is 48.5 Å². The summed E-state index contributed by atoms with van der Waals surface area (Å²) in [5.41, 5.74) is 2.14. The van der Waals surface area contributed by atoms with Crippen LogP contribution in [0.1, 0.15) is 19.3 Å². The maximum atomic E-state index is 12.4. The van der Waals surface area contributed by atoms with E-state index in [9.17, 15) is 4.79 Å². The zero-order chi connectivity index (χ0) is 15.2. The van der Waals surface area contributed by atoms with Crippen LogP contribution in [-0.4, -0.2) is 42.1 Å². The molecule has 1 fully saturated rings. The first-order valence-electron chi connectivity index (χ1n) is 7.89. The Morgan fingerprint density at radius 1 is 1.23 bits per heavy atom. The highest BCUT2D eigenvalue weighted by Gasteiger charge is 2.20. The Balaban J connectivity index is 1.57. The van der Waals surface area contributed by atoms with Gasteiger partial charge in [-0.25, -0.2) is 4.79 Å². The summed E-state index contributed by atoms with van der Waals surface area (Å²) in [6.07, 6.45) is 12.7. The van der Waals surface area contributed by atoms with E-state index in [0.717, 1.165) is 56.8 Å². The van der Waals surface area contributed by atoms with Crippen molar-refractivity contribution in [1.82, 2.24) is 15.2 Å². The number of carbonyl (C=O) groups excluding carboxylic acids is 1. The summed E-state index contributed by atoms with van der Waals surface area (Å²) in [6, 6.07) is 4.05. The highest BCUT2D eigenvalue weighted by atomic mass is 16.2. The van der Waals surface area contributed by atoms with Gasteiger partial charge in [0, 0.05) is 38.1 Å². The molecule has 1 aliphatic carbocycles. The monoisotopic (exact) mass is 298 g/mol. The average Bonchev–Trinajstić information content (AvgIpc) is 2.83. The van der Waals surface area contributed by atoms with Crippen LogP contribution in [0.2, 0.25) is 0 Å². The number of aromatic nitrogens is 1. The number of allylic oxidation sites excluding steroid dienone is 4. The van der Waals surface area contributed by atoms with Crippen LogP contribution in [-0.2, 0) is 0 Å². The van der Waals surface area contributed by atoms with Gasteiger partial charge in [-0.05, 0) is 37.5 Å². The molecule has 0 atom stereocenters. The number of nitrogens with one attached hydrogen (secondary N) is 1. The van der Waals surface area contributed by atoms with Crippen molar-refractivity contribution in [3.05, 3.63) is 48.5 Å². The lowest BCUT2D eigenvalue weighted by molar-refractivity contribution is 0.204. The number of amides is 2. The van der Waals surface area contributed by atoms with E-state index in [2.05, 4.69) is 27.3 Å². The molecule has 2 heterocycles. The van der Waals surface area contributed by atoms with Crippen molar-refractivity contribution in [3.63, 3.8) is 0 Å². The van der Waals surface area contributed by atoms with E-state index in [0.29, 0.717) is 0 Å². The van der Waals surface area contributed by atoms with Crippen LogP contribution < -0.4 is 10.2 Å². The van der Waals surface area contributed by atoms with Crippen LogP contribution in [0.4, 0.5) is 10.5 Å². The molecule has 1 aliphatic heterocycles. The molecular formula is C17H22N4O. The Kier molecular flexibility index (Phi) is 4.73. The highest BCUT2D eigenvalue weighted by Crippen LogP contribution is 2.15. The van der Waals surface area contributed by atoms with E-state index in [4.69, 9.17) is 0 Å². The third-order valence-corrected chi connectivity index (χ3v) is 4.08. The van der Waals surface area contributed by atoms with Gasteiger partial charge in [0.1, 0.15) is 0 Å². The van der Waals surface area contributed by atoms with Crippen molar-refractivity contribution in [3.8, 4) is 0 Å². The van der Waals surface area contributed by atoms with E-state index in [1.165, 1.54) is 0 Å². The minimum Gasteiger partial charge on any atom is -0.368 e. The molecule has 1 saturated heterocycles. The minimum absolute atomic E-state index is 0.0228. The molecule has 0 bridgehead atoms. The Hall–Kier alpha value is -2.30. The summed E-state index contributed by atoms with van der Waals surface area (Å²) in [7, 11) is 0. The Morgan fingerprint density at radius 3 is 2.95 bits per heavy atom. The molecule has 1 aromatic heterocycles. The van der Waals surface area contributed by atoms with Crippen LogP contribution in [0.15, 0.2) is 48.5 Å². The first-order chi connectivity index (χ1) is 10.8. The molecular weight excluding hydrogens is 276 g/mol. The highest BCUT2D eigenvalue weighted by molar-refractivity contribution is 5.76. The molecule has 1 aromatic rings. The third-order valence-electron chi connectivity index (χ3n) is 4.08. The molecule has 0 spiro atoms. The number of carbonyl (C=O) groups is 1. The van der Waals surface area contributed by atoms with Gasteiger partial charge in [-0.2, -0.15) is 0 Å². The van der Waals surface area contributed by atoms with Gasteiger partial charge < -0.3 is 15.1 Å². The van der Waals surface area contributed by atoms with Crippen LogP contribution in [0.3, 0.4) is 0 Å². The lowest BCUT2D eigenvalue weighted by Gasteiger charge is -2.24. The number of hydrogen-bond donors (Lipinski definition) is 1. The van der Waals surface area contributed by atoms with E-state index in [1.54, 1.807) is 6.20 Å². The van der Waals surface area contributed by atoms with Crippen molar-refractivity contribution in [2.24, 2.45) is 0 Å². The van der Waals surface area contributed by atoms with Crippen LogP contribution in [0.25, 0.3) is 0 Å². The van der Waals surface area contributed by atoms with Crippen molar-refractivity contribution in [2.75, 3.05) is 31.1 Å². The molecule has 116 valence electrons. The summed E-state index contributed by atoms with van der Waals surface area (Å²) in [6.45, 7) is 3.34. The number of hydrogen-bond acceptors (Lipinski definition) is 3. The second-order valence-electron chi connectivity index (χ2n) is 5.63. The fourth-order valence-corrected chi connectivity index (χ4v) is 2.84. The molecule has 2 aliphatic rings.